The van der Waals surface area contributed by atoms with Crippen LogP contribution >= 0.6 is 0 Å². The van der Waals surface area contributed by atoms with Crippen molar-refractivity contribution in [3.8, 4) is 0 Å². The van der Waals surface area contributed by atoms with Gasteiger partial charge < -0.3 is 15.3 Å². The molecule has 3 atom stereocenters. The average Bonchev–Trinajstić information content (AvgIpc) is 2.47. The van der Waals surface area contributed by atoms with E-state index in [1.807, 2.05) is 7.05 Å². The van der Waals surface area contributed by atoms with Gasteiger partial charge in [0.05, 0.1) is 6.61 Å². The van der Waals surface area contributed by atoms with Crippen molar-refractivity contribution >= 4 is 0 Å². The first-order valence-electron chi connectivity index (χ1n) is 7.77. The lowest BCUT2D eigenvalue weighted by atomic mass is 9.78. The second-order valence-corrected chi connectivity index (χ2v) is 6.35. The summed E-state index contributed by atoms with van der Waals surface area (Å²) < 4.78 is 0. The summed E-state index contributed by atoms with van der Waals surface area (Å²) in [4.78, 5) is 2.71. The van der Waals surface area contributed by atoms with Crippen LogP contribution in [-0.2, 0) is 0 Å². The van der Waals surface area contributed by atoms with Gasteiger partial charge in [0.1, 0.15) is 0 Å². The Morgan fingerprint density at radius 3 is 2.83 bits per heavy atom. The molecule has 3 unspecified atom stereocenters. The van der Waals surface area contributed by atoms with Crippen molar-refractivity contribution in [1.29, 1.82) is 0 Å². The van der Waals surface area contributed by atoms with Crippen molar-refractivity contribution < 1.29 is 5.11 Å². The van der Waals surface area contributed by atoms with Crippen molar-refractivity contribution in [2.45, 2.75) is 63.5 Å². The minimum absolute atomic E-state index is 0.0118. The number of hydrogen-bond acceptors (Lipinski definition) is 3. The van der Waals surface area contributed by atoms with Crippen LogP contribution in [0.15, 0.2) is 0 Å². The molecule has 0 spiro atoms. The lowest BCUT2D eigenvalue weighted by molar-refractivity contribution is 0.0413. The van der Waals surface area contributed by atoms with Gasteiger partial charge in [-0.3, -0.25) is 0 Å². The summed E-state index contributed by atoms with van der Waals surface area (Å²) >= 11 is 0. The number of nitrogens with zero attached hydrogens (tertiary/aromatic N) is 1. The standard InChI is InChI=1S/C15H30N2O/c1-3-13-6-5-9-17(11-13)14-7-4-8-15(10-14,12-18)16-2/h13-14,16,18H,3-12H2,1-2H3. The maximum atomic E-state index is 9.67. The molecule has 1 saturated carbocycles. The van der Waals surface area contributed by atoms with E-state index >= 15 is 0 Å². The molecule has 106 valence electrons. The number of rotatable bonds is 4. The Morgan fingerprint density at radius 1 is 1.33 bits per heavy atom. The smallest absolute Gasteiger partial charge is 0.0613 e. The van der Waals surface area contributed by atoms with E-state index in [4.69, 9.17) is 0 Å². The van der Waals surface area contributed by atoms with Gasteiger partial charge in [0.15, 0.2) is 0 Å². The predicted molar refractivity (Wildman–Crippen MR) is 75.7 cm³/mol. The highest BCUT2D eigenvalue weighted by Gasteiger charge is 2.37. The van der Waals surface area contributed by atoms with Crippen LogP contribution in [0.1, 0.15) is 51.9 Å². The van der Waals surface area contributed by atoms with Gasteiger partial charge in [0.2, 0.25) is 0 Å². The Balaban J connectivity index is 1.95. The Labute approximate surface area is 112 Å². The number of aliphatic hydroxyl groups is 1. The van der Waals surface area contributed by atoms with Gasteiger partial charge in [-0.15, -0.1) is 0 Å². The number of piperidine rings is 1. The topological polar surface area (TPSA) is 35.5 Å². The first kappa shape index (κ1) is 14.3. The number of likely N-dealkylation sites (N-methyl/N-ethyl adjacent to an activating group) is 1. The summed E-state index contributed by atoms with van der Waals surface area (Å²) in [5.41, 5.74) is -0.0118. The number of nitrogens with one attached hydrogen (secondary N) is 1. The zero-order valence-electron chi connectivity index (χ0n) is 12.1. The minimum Gasteiger partial charge on any atom is -0.394 e. The summed E-state index contributed by atoms with van der Waals surface area (Å²) in [6.45, 7) is 5.16. The van der Waals surface area contributed by atoms with Crippen LogP contribution in [0.3, 0.4) is 0 Å². The molecule has 0 radical (unpaired) electrons. The van der Waals surface area contributed by atoms with Gasteiger partial charge in [0.25, 0.3) is 0 Å². The zero-order chi connectivity index (χ0) is 13.0. The van der Waals surface area contributed by atoms with Crippen molar-refractivity contribution in [2.24, 2.45) is 5.92 Å². The quantitative estimate of drug-likeness (QED) is 0.805. The van der Waals surface area contributed by atoms with E-state index in [1.54, 1.807) is 0 Å². The van der Waals surface area contributed by atoms with Crippen molar-refractivity contribution in [2.75, 3.05) is 26.7 Å². The molecule has 1 heterocycles. The molecule has 1 saturated heterocycles. The van der Waals surface area contributed by atoms with E-state index in [9.17, 15) is 5.11 Å². The fraction of sp³-hybridized carbons (Fsp3) is 1.00. The highest BCUT2D eigenvalue weighted by Crippen LogP contribution is 2.33. The predicted octanol–water partition coefficient (Wildman–Crippen LogP) is 2.00. The van der Waals surface area contributed by atoms with Gasteiger partial charge in [-0.05, 0) is 58.0 Å². The molecule has 1 aliphatic carbocycles. The van der Waals surface area contributed by atoms with Gasteiger partial charge in [-0.2, -0.15) is 0 Å². The third kappa shape index (κ3) is 3.06. The van der Waals surface area contributed by atoms with Crippen LogP contribution in [0.5, 0.6) is 0 Å². The number of hydrogen-bond donors (Lipinski definition) is 2. The molecule has 0 amide bonds. The van der Waals surface area contributed by atoms with Gasteiger partial charge >= 0.3 is 0 Å². The molecule has 2 N–H and O–H groups in total. The molecule has 0 aromatic heterocycles. The highest BCUT2D eigenvalue weighted by atomic mass is 16.3. The first-order chi connectivity index (χ1) is 8.73. The molecular weight excluding hydrogens is 224 g/mol. The van der Waals surface area contributed by atoms with Crippen LogP contribution in [0.4, 0.5) is 0 Å². The van der Waals surface area contributed by atoms with Crippen LogP contribution in [-0.4, -0.2) is 48.3 Å². The molecular formula is C15H30N2O. The SMILES string of the molecule is CCC1CCCN(C2CCCC(CO)(NC)C2)C1. The van der Waals surface area contributed by atoms with E-state index in [-0.39, 0.29) is 12.1 Å². The summed E-state index contributed by atoms with van der Waals surface area (Å²) in [5.74, 6) is 0.902. The summed E-state index contributed by atoms with van der Waals surface area (Å²) in [6, 6.07) is 0.688. The summed E-state index contributed by atoms with van der Waals surface area (Å²) in [5, 5.41) is 13.1. The van der Waals surface area contributed by atoms with Crippen LogP contribution in [0, 0.1) is 5.92 Å². The lowest BCUT2D eigenvalue weighted by Crippen LogP contribution is -2.55. The lowest BCUT2D eigenvalue weighted by Gasteiger charge is -2.46. The normalized spacial score (nSPS) is 38.8. The van der Waals surface area contributed by atoms with E-state index in [1.165, 1.54) is 45.2 Å². The minimum atomic E-state index is -0.0118. The second-order valence-electron chi connectivity index (χ2n) is 6.35. The average molecular weight is 254 g/mol. The van der Waals surface area contributed by atoms with Crippen molar-refractivity contribution in [1.82, 2.24) is 10.2 Å². The molecule has 3 nitrogen and oxygen atoms in total. The fourth-order valence-electron chi connectivity index (χ4n) is 3.85. The third-order valence-corrected chi connectivity index (χ3v) is 5.30. The van der Waals surface area contributed by atoms with Crippen molar-refractivity contribution in [3.63, 3.8) is 0 Å². The summed E-state index contributed by atoms with van der Waals surface area (Å²) in [6.07, 6.45) is 8.91. The Bertz CT molecular complexity index is 253. The van der Waals surface area contributed by atoms with Gasteiger partial charge in [-0.25, -0.2) is 0 Å². The van der Waals surface area contributed by atoms with Crippen LogP contribution < -0.4 is 5.32 Å². The molecule has 3 heteroatoms. The van der Waals surface area contributed by atoms with Crippen molar-refractivity contribution in [3.05, 3.63) is 0 Å². The first-order valence-corrected chi connectivity index (χ1v) is 7.77. The molecule has 2 aliphatic rings. The molecule has 0 aromatic rings. The number of likely N-dealkylation sites (tertiary alicyclic amines) is 1. The van der Waals surface area contributed by atoms with Gasteiger partial charge in [-0.1, -0.05) is 13.3 Å². The largest absolute Gasteiger partial charge is 0.394 e. The Hall–Kier alpha value is -0.120. The maximum Gasteiger partial charge on any atom is 0.0613 e. The van der Waals surface area contributed by atoms with Crippen LogP contribution in [0.25, 0.3) is 0 Å². The van der Waals surface area contributed by atoms with Crippen LogP contribution in [0.2, 0.25) is 0 Å². The number of aliphatic hydroxyl groups excluding tert-OH is 1. The second kappa shape index (κ2) is 6.36. The van der Waals surface area contributed by atoms with E-state index in [0.29, 0.717) is 6.04 Å². The third-order valence-electron chi connectivity index (χ3n) is 5.30. The molecule has 0 aromatic carbocycles. The van der Waals surface area contributed by atoms with E-state index in [0.717, 1.165) is 18.8 Å². The molecule has 0 bridgehead atoms. The molecule has 1 aliphatic heterocycles. The Morgan fingerprint density at radius 2 is 2.17 bits per heavy atom. The molecule has 2 rings (SSSR count). The highest BCUT2D eigenvalue weighted by molar-refractivity contribution is 4.96. The van der Waals surface area contributed by atoms with Gasteiger partial charge in [0, 0.05) is 18.1 Å². The van der Waals surface area contributed by atoms with E-state index < -0.39 is 0 Å². The zero-order valence-corrected chi connectivity index (χ0v) is 12.1. The fourth-order valence-corrected chi connectivity index (χ4v) is 3.85. The monoisotopic (exact) mass is 254 g/mol. The molecule has 18 heavy (non-hydrogen) atoms. The van der Waals surface area contributed by atoms with E-state index in [2.05, 4.69) is 17.1 Å². The Kier molecular flexibility index (Phi) is 5.05. The maximum absolute atomic E-state index is 9.67. The molecule has 2 fully saturated rings. The summed E-state index contributed by atoms with van der Waals surface area (Å²) in [7, 11) is 2.00.